The number of carbonyl (C=O) groups is 3. The van der Waals surface area contributed by atoms with Crippen molar-refractivity contribution in [2.45, 2.75) is 19.9 Å². The van der Waals surface area contributed by atoms with Crippen molar-refractivity contribution in [1.29, 1.82) is 0 Å². The average molecular weight is 379 g/mol. The molecule has 0 aromatic heterocycles. The van der Waals surface area contributed by atoms with Gasteiger partial charge >= 0.3 is 0 Å². The molecule has 1 aliphatic rings. The van der Waals surface area contributed by atoms with Crippen LogP contribution in [-0.2, 0) is 11.3 Å². The highest BCUT2D eigenvalue weighted by atomic mass is 16.2. The molecule has 0 aliphatic carbocycles. The monoisotopic (exact) mass is 379 g/mol. The normalized spacial score (nSPS) is 12.9. The van der Waals surface area contributed by atoms with Gasteiger partial charge in [0.2, 0.25) is 5.91 Å². The molecule has 0 saturated heterocycles. The van der Waals surface area contributed by atoms with Crippen LogP contribution < -0.4 is 4.90 Å². The second kappa shape index (κ2) is 8.25. The van der Waals surface area contributed by atoms with Crippen molar-refractivity contribution >= 4 is 23.4 Å². The molecule has 1 heterocycles. The van der Waals surface area contributed by atoms with Crippen LogP contribution in [-0.4, -0.2) is 54.7 Å². The van der Waals surface area contributed by atoms with E-state index in [4.69, 9.17) is 0 Å². The Morgan fingerprint density at radius 2 is 1.50 bits per heavy atom. The number of nitrogens with zero attached hydrogens (tertiary/aromatic N) is 3. The quantitative estimate of drug-likeness (QED) is 0.694. The third-order valence-corrected chi connectivity index (χ3v) is 4.99. The zero-order valence-corrected chi connectivity index (χ0v) is 16.5. The van der Waals surface area contributed by atoms with E-state index < -0.39 is 0 Å². The average Bonchev–Trinajstić information content (AvgIpc) is 2.95. The molecular weight excluding hydrogens is 354 g/mol. The van der Waals surface area contributed by atoms with E-state index in [0.717, 1.165) is 11.3 Å². The molecule has 0 atom stereocenters. The molecule has 3 rings (SSSR count). The van der Waals surface area contributed by atoms with Gasteiger partial charge in [0.15, 0.2) is 0 Å². The first-order valence-corrected chi connectivity index (χ1v) is 9.41. The maximum atomic E-state index is 12.7. The molecule has 2 aromatic rings. The van der Waals surface area contributed by atoms with E-state index >= 15 is 0 Å². The lowest BCUT2D eigenvalue weighted by Crippen LogP contribution is -2.36. The first kappa shape index (κ1) is 19.6. The number of amides is 3. The van der Waals surface area contributed by atoms with Crippen molar-refractivity contribution in [2.24, 2.45) is 0 Å². The molecule has 28 heavy (non-hydrogen) atoms. The number of hydrogen-bond acceptors (Lipinski definition) is 4. The van der Waals surface area contributed by atoms with Crippen LogP contribution in [0, 0.1) is 0 Å². The fraction of sp³-hybridized carbons (Fsp3) is 0.318. The summed E-state index contributed by atoms with van der Waals surface area (Å²) in [6.45, 7) is 3.09. The first-order valence-electron chi connectivity index (χ1n) is 9.41. The molecule has 0 fully saturated rings. The van der Waals surface area contributed by atoms with Gasteiger partial charge in [-0.1, -0.05) is 24.3 Å². The molecule has 0 unspecified atom stereocenters. The number of anilines is 1. The number of imide groups is 1. The Morgan fingerprint density at radius 1 is 0.929 bits per heavy atom. The first-order chi connectivity index (χ1) is 13.4. The van der Waals surface area contributed by atoms with Gasteiger partial charge in [-0.05, 0) is 36.8 Å². The Hall–Kier alpha value is -3.15. The van der Waals surface area contributed by atoms with Gasteiger partial charge < -0.3 is 9.80 Å². The lowest BCUT2D eigenvalue weighted by molar-refractivity contribution is -0.131. The minimum Gasteiger partial charge on any atom is -0.378 e. The fourth-order valence-electron chi connectivity index (χ4n) is 3.30. The summed E-state index contributed by atoms with van der Waals surface area (Å²) >= 11 is 0. The number of hydrogen-bond donors (Lipinski definition) is 0. The van der Waals surface area contributed by atoms with Crippen LogP contribution in [0.5, 0.6) is 0 Å². The summed E-state index contributed by atoms with van der Waals surface area (Å²) in [4.78, 5) is 42.4. The molecule has 0 N–H and O–H groups in total. The molecule has 6 nitrogen and oxygen atoms in total. The molecule has 2 aromatic carbocycles. The summed E-state index contributed by atoms with van der Waals surface area (Å²) < 4.78 is 0. The van der Waals surface area contributed by atoms with Crippen LogP contribution >= 0.6 is 0 Å². The van der Waals surface area contributed by atoms with Gasteiger partial charge in [0.1, 0.15) is 0 Å². The summed E-state index contributed by atoms with van der Waals surface area (Å²) in [5.41, 5.74) is 2.96. The number of carbonyl (C=O) groups excluding carboxylic acids is 3. The van der Waals surface area contributed by atoms with E-state index in [2.05, 4.69) is 0 Å². The number of fused-ring (bicyclic) bond motifs is 1. The highest BCUT2D eigenvalue weighted by Gasteiger charge is 2.35. The second-order valence-corrected chi connectivity index (χ2v) is 7.03. The number of benzene rings is 2. The zero-order chi connectivity index (χ0) is 20.3. The molecule has 0 spiro atoms. The van der Waals surface area contributed by atoms with E-state index in [0.29, 0.717) is 24.2 Å². The van der Waals surface area contributed by atoms with Crippen LogP contribution in [0.4, 0.5) is 5.69 Å². The molecule has 3 amide bonds. The third kappa shape index (κ3) is 3.91. The SMILES string of the molecule is CCN(Cc1ccc(N(C)C)cc1)C(=O)CCN1C(=O)c2ccccc2C1=O. The van der Waals surface area contributed by atoms with Gasteiger partial charge in [0.25, 0.3) is 11.8 Å². The third-order valence-electron chi connectivity index (χ3n) is 4.99. The Morgan fingerprint density at radius 3 is 2.00 bits per heavy atom. The Balaban J connectivity index is 1.60. The molecule has 0 saturated carbocycles. The smallest absolute Gasteiger partial charge is 0.261 e. The van der Waals surface area contributed by atoms with Gasteiger partial charge in [0, 0.05) is 45.8 Å². The zero-order valence-electron chi connectivity index (χ0n) is 16.5. The van der Waals surface area contributed by atoms with Crippen LogP contribution in [0.15, 0.2) is 48.5 Å². The standard InChI is InChI=1S/C22H25N3O3/c1-4-24(15-16-9-11-17(12-10-16)23(2)3)20(26)13-14-25-21(27)18-7-5-6-8-19(18)22(25)28/h5-12H,4,13-15H2,1-3H3. The second-order valence-electron chi connectivity index (χ2n) is 7.03. The Bertz CT molecular complexity index is 855. The van der Waals surface area contributed by atoms with Crippen molar-refractivity contribution in [3.8, 4) is 0 Å². The fourth-order valence-corrected chi connectivity index (χ4v) is 3.30. The Labute approximate surface area is 165 Å². The molecule has 146 valence electrons. The molecule has 6 heteroatoms. The number of rotatable bonds is 7. The minimum atomic E-state index is -0.323. The predicted molar refractivity (Wildman–Crippen MR) is 108 cm³/mol. The van der Waals surface area contributed by atoms with E-state index in [1.807, 2.05) is 50.2 Å². The van der Waals surface area contributed by atoms with E-state index in [1.165, 1.54) is 4.90 Å². The van der Waals surface area contributed by atoms with Crippen molar-refractivity contribution in [2.75, 3.05) is 32.1 Å². The highest BCUT2D eigenvalue weighted by Crippen LogP contribution is 2.22. The van der Waals surface area contributed by atoms with Crippen LogP contribution in [0.25, 0.3) is 0 Å². The lowest BCUT2D eigenvalue weighted by Gasteiger charge is -2.23. The van der Waals surface area contributed by atoms with Crippen molar-refractivity contribution in [3.05, 3.63) is 65.2 Å². The van der Waals surface area contributed by atoms with Crippen LogP contribution in [0.3, 0.4) is 0 Å². The minimum absolute atomic E-state index is 0.0734. The van der Waals surface area contributed by atoms with Crippen LogP contribution in [0.2, 0.25) is 0 Å². The van der Waals surface area contributed by atoms with E-state index in [1.54, 1.807) is 29.2 Å². The maximum absolute atomic E-state index is 12.7. The Kier molecular flexibility index (Phi) is 5.78. The maximum Gasteiger partial charge on any atom is 0.261 e. The van der Waals surface area contributed by atoms with Gasteiger partial charge in [0.05, 0.1) is 11.1 Å². The lowest BCUT2D eigenvalue weighted by atomic mass is 10.1. The summed E-state index contributed by atoms with van der Waals surface area (Å²) in [7, 11) is 3.96. The van der Waals surface area contributed by atoms with Crippen molar-refractivity contribution in [3.63, 3.8) is 0 Å². The van der Waals surface area contributed by atoms with E-state index in [-0.39, 0.29) is 30.7 Å². The summed E-state index contributed by atoms with van der Waals surface area (Å²) in [6, 6.07) is 14.8. The largest absolute Gasteiger partial charge is 0.378 e. The van der Waals surface area contributed by atoms with Gasteiger partial charge in [-0.2, -0.15) is 0 Å². The predicted octanol–water partition coefficient (Wildman–Crippen LogP) is 2.79. The summed E-state index contributed by atoms with van der Waals surface area (Å²) in [6.07, 6.45) is 0.120. The van der Waals surface area contributed by atoms with Gasteiger partial charge in [-0.25, -0.2) is 0 Å². The molecule has 0 radical (unpaired) electrons. The summed E-state index contributed by atoms with van der Waals surface area (Å²) in [5, 5.41) is 0. The van der Waals surface area contributed by atoms with Gasteiger partial charge in [-0.3, -0.25) is 19.3 Å². The topological polar surface area (TPSA) is 60.9 Å². The molecule has 0 bridgehead atoms. The van der Waals surface area contributed by atoms with Crippen LogP contribution in [0.1, 0.15) is 39.6 Å². The highest BCUT2D eigenvalue weighted by molar-refractivity contribution is 6.21. The molecule has 1 aliphatic heterocycles. The van der Waals surface area contributed by atoms with Crippen molar-refractivity contribution < 1.29 is 14.4 Å². The molecular formula is C22H25N3O3. The van der Waals surface area contributed by atoms with Crippen molar-refractivity contribution in [1.82, 2.24) is 9.80 Å². The summed E-state index contributed by atoms with van der Waals surface area (Å²) in [5.74, 6) is -0.720. The van der Waals surface area contributed by atoms with Gasteiger partial charge in [-0.15, -0.1) is 0 Å². The van der Waals surface area contributed by atoms with E-state index in [9.17, 15) is 14.4 Å².